The third-order valence-corrected chi connectivity index (χ3v) is 2.24. The Hall–Kier alpha value is -0.650. The van der Waals surface area contributed by atoms with Gasteiger partial charge in [0.05, 0.1) is 12.6 Å². The standard InChI is InChI=1S/C8H19N3O2/c1-6(5-13-4)11(3)7(2)8(12)10-9/h6-7H,5,9H2,1-4H3,(H,10,12). The Morgan fingerprint density at radius 2 is 2.15 bits per heavy atom. The lowest BCUT2D eigenvalue weighted by Crippen LogP contribution is -2.49. The van der Waals surface area contributed by atoms with Gasteiger partial charge in [-0.25, -0.2) is 5.84 Å². The lowest BCUT2D eigenvalue weighted by atomic mass is 10.2. The fourth-order valence-corrected chi connectivity index (χ4v) is 1.05. The van der Waals surface area contributed by atoms with Crippen LogP contribution in [0.3, 0.4) is 0 Å². The van der Waals surface area contributed by atoms with Crippen molar-refractivity contribution in [1.82, 2.24) is 10.3 Å². The zero-order valence-electron chi connectivity index (χ0n) is 8.70. The average molecular weight is 189 g/mol. The van der Waals surface area contributed by atoms with Crippen molar-refractivity contribution < 1.29 is 9.53 Å². The lowest BCUT2D eigenvalue weighted by molar-refractivity contribution is -0.126. The molecule has 5 nitrogen and oxygen atoms in total. The Morgan fingerprint density at radius 3 is 2.54 bits per heavy atom. The minimum Gasteiger partial charge on any atom is -0.383 e. The SMILES string of the molecule is COCC(C)N(C)C(C)C(=O)NN. The van der Waals surface area contributed by atoms with E-state index in [1.165, 1.54) is 0 Å². The van der Waals surface area contributed by atoms with Crippen LogP contribution in [0.5, 0.6) is 0 Å². The van der Waals surface area contributed by atoms with E-state index in [0.717, 1.165) is 0 Å². The highest BCUT2D eigenvalue weighted by Crippen LogP contribution is 2.02. The smallest absolute Gasteiger partial charge is 0.250 e. The molecule has 13 heavy (non-hydrogen) atoms. The molecule has 0 spiro atoms. The molecule has 0 aromatic heterocycles. The van der Waals surface area contributed by atoms with Gasteiger partial charge in [0.2, 0.25) is 0 Å². The van der Waals surface area contributed by atoms with Gasteiger partial charge >= 0.3 is 0 Å². The summed E-state index contributed by atoms with van der Waals surface area (Å²) in [6, 6.07) is -0.0487. The van der Waals surface area contributed by atoms with Crippen molar-refractivity contribution in [2.24, 2.45) is 5.84 Å². The number of nitrogens with two attached hydrogens (primary N) is 1. The molecule has 0 radical (unpaired) electrons. The van der Waals surface area contributed by atoms with Crippen LogP contribution in [0.2, 0.25) is 0 Å². The predicted octanol–water partition coefficient (Wildman–Crippen LogP) is -0.668. The first kappa shape index (κ1) is 12.3. The number of ether oxygens (including phenoxy) is 1. The Labute approximate surface area is 79.2 Å². The van der Waals surface area contributed by atoms with Gasteiger partial charge in [-0.05, 0) is 20.9 Å². The fourth-order valence-electron chi connectivity index (χ4n) is 1.05. The molecule has 0 heterocycles. The van der Waals surface area contributed by atoms with Crippen LogP contribution in [0.25, 0.3) is 0 Å². The van der Waals surface area contributed by atoms with Crippen molar-refractivity contribution in [3.05, 3.63) is 0 Å². The van der Waals surface area contributed by atoms with Gasteiger partial charge in [-0.15, -0.1) is 0 Å². The highest BCUT2D eigenvalue weighted by atomic mass is 16.5. The van der Waals surface area contributed by atoms with E-state index >= 15 is 0 Å². The predicted molar refractivity (Wildman–Crippen MR) is 50.9 cm³/mol. The maximum Gasteiger partial charge on any atom is 0.250 e. The van der Waals surface area contributed by atoms with E-state index in [1.807, 2.05) is 18.9 Å². The molecule has 0 aromatic carbocycles. The van der Waals surface area contributed by atoms with E-state index in [2.05, 4.69) is 5.43 Å². The third kappa shape index (κ3) is 3.71. The van der Waals surface area contributed by atoms with Crippen LogP contribution in [-0.2, 0) is 9.53 Å². The molecule has 0 saturated heterocycles. The topological polar surface area (TPSA) is 67.6 Å². The molecule has 2 unspecified atom stereocenters. The first-order valence-electron chi connectivity index (χ1n) is 4.25. The number of methoxy groups -OCH3 is 1. The minimum atomic E-state index is -0.241. The van der Waals surface area contributed by atoms with E-state index in [0.29, 0.717) is 6.61 Å². The molecular formula is C8H19N3O2. The highest BCUT2D eigenvalue weighted by molar-refractivity contribution is 5.80. The number of amides is 1. The maximum atomic E-state index is 11.1. The van der Waals surface area contributed by atoms with Crippen LogP contribution in [0, 0.1) is 0 Å². The summed E-state index contributed by atoms with van der Waals surface area (Å²) in [6.07, 6.45) is 0. The number of rotatable bonds is 5. The number of carbonyl (C=O) groups excluding carboxylic acids is 1. The number of hydrogen-bond acceptors (Lipinski definition) is 4. The Bertz CT molecular complexity index is 163. The summed E-state index contributed by atoms with van der Waals surface area (Å²) < 4.78 is 4.98. The normalized spacial score (nSPS) is 15.5. The zero-order valence-corrected chi connectivity index (χ0v) is 8.70. The second kappa shape index (κ2) is 5.90. The number of hydrogen-bond donors (Lipinski definition) is 2. The summed E-state index contributed by atoms with van der Waals surface area (Å²) in [5, 5.41) is 0. The minimum absolute atomic E-state index is 0.189. The first-order chi connectivity index (χ1) is 6.04. The number of carbonyl (C=O) groups is 1. The molecule has 0 rings (SSSR count). The van der Waals surface area contributed by atoms with Crippen molar-refractivity contribution in [2.75, 3.05) is 20.8 Å². The average Bonchev–Trinajstić information content (AvgIpc) is 2.14. The van der Waals surface area contributed by atoms with E-state index < -0.39 is 0 Å². The Morgan fingerprint density at radius 1 is 1.62 bits per heavy atom. The molecule has 0 aromatic rings. The highest BCUT2D eigenvalue weighted by Gasteiger charge is 2.20. The quantitative estimate of drug-likeness (QED) is 0.342. The van der Waals surface area contributed by atoms with E-state index in [4.69, 9.17) is 10.6 Å². The van der Waals surface area contributed by atoms with Gasteiger partial charge < -0.3 is 4.74 Å². The van der Waals surface area contributed by atoms with Crippen molar-refractivity contribution in [3.8, 4) is 0 Å². The second-order valence-electron chi connectivity index (χ2n) is 3.15. The van der Waals surface area contributed by atoms with Crippen LogP contribution in [0.1, 0.15) is 13.8 Å². The van der Waals surface area contributed by atoms with Gasteiger partial charge in [0, 0.05) is 13.2 Å². The van der Waals surface area contributed by atoms with Crippen molar-refractivity contribution in [2.45, 2.75) is 25.9 Å². The largest absolute Gasteiger partial charge is 0.383 e. The molecule has 3 N–H and O–H groups in total. The molecule has 0 saturated carbocycles. The van der Waals surface area contributed by atoms with E-state index in [9.17, 15) is 4.79 Å². The van der Waals surface area contributed by atoms with Crippen molar-refractivity contribution >= 4 is 5.91 Å². The van der Waals surface area contributed by atoms with Crippen molar-refractivity contribution in [1.29, 1.82) is 0 Å². The Balaban J connectivity index is 4.07. The van der Waals surface area contributed by atoms with Gasteiger partial charge in [-0.3, -0.25) is 15.1 Å². The molecule has 1 amide bonds. The molecule has 78 valence electrons. The maximum absolute atomic E-state index is 11.1. The molecule has 2 atom stereocenters. The summed E-state index contributed by atoms with van der Waals surface area (Å²) in [4.78, 5) is 13.1. The van der Waals surface area contributed by atoms with Gasteiger partial charge in [0.25, 0.3) is 5.91 Å². The number of nitrogens with one attached hydrogen (secondary N) is 1. The summed E-state index contributed by atoms with van der Waals surface area (Å²) in [7, 11) is 3.50. The van der Waals surface area contributed by atoms with Crippen LogP contribution >= 0.6 is 0 Å². The molecule has 0 aliphatic rings. The zero-order chi connectivity index (χ0) is 10.4. The second-order valence-corrected chi connectivity index (χ2v) is 3.15. The molecule has 0 fully saturated rings. The summed E-state index contributed by atoms with van der Waals surface area (Å²) in [5.41, 5.74) is 2.12. The van der Waals surface area contributed by atoms with E-state index in [1.54, 1.807) is 14.0 Å². The van der Waals surface area contributed by atoms with Gasteiger partial charge in [-0.2, -0.15) is 0 Å². The number of hydrazine groups is 1. The van der Waals surface area contributed by atoms with Crippen LogP contribution in [0.15, 0.2) is 0 Å². The first-order valence-corrected chi connectivity index (χ1v) is 4.25. The third-order valence-electron chi connectivity index (χ3n) is 2.24. The number of likely N-dealkylation sites (N-methyl/N-ethyl adjacent to an activating group) is 1. The fraction of sp³-hybridized carbons (Fsp3) is 0.875. The molecular weight excluding hydrogens is 170 g/mol. The molecule has 0 aliphatic heterocycles. The summed E-state index contributed by atoms with van der Waals surface area (Å²) >= 11 is 0. The van der Waals surface area contributed by atoms with Crippen molar-refractivity contribution in [3.63, 3.8) is 0 Å². The molecule has 5 heteroatoms. The van der Waals surface area contributed by atoms with Gasteiger partial charge in [-0.1, -0.05) is 0 Å². The summed E-state index contributed by atoms with van der Waals surface area (Å²) in [6.45, 7) is 4.39. The van der Waals surface area contributed by atoms with E-state index in [-0.39, 0.29) is 18.0 Å². The van der Waals surface area contributed by atoms with Crippen LogP contribution in [-0.4, -0.2) is 43.7 Å². The summed E-state index contributed by atoms with van der Waals surface area (Å²) in [5.74, 6) is 4.84. The van der Waals surface area contributed by atoms with Gasteiger partial charge in [0.1, 0.15) is 0 Å². The van der Waals surface area contributed by atoms with Gasteiger partial charge in [0.15, 0.2) is 0 Å². The monoisotopic (exact) mass is 189 g/mol. The van der Waals surface area contributed by atoms with Crippen LogP contribution in [0.4, 0.5) is 0 Å². The molecule has 0 bridgehead atoms. The van der Waals surface area contributed by atoms with Crippen LogP contribution < -0.4 is 11.3 Å². The number of nitrogens with zero attached hydrogens (tertiary/aromatic N) is 1. The molecule has 0 aliphatic carbocycles. The lowest BCUT2D eigenvalue weighted by Gasteiger charge is -2.28. The Kier molecular flexibility index (Phi) is 5.61.